The second-order valence-corrected chi connectivity index (χ2v) is 4.61. The Morgan fingerprint density at radius 1 is 1.11 bits per heavy atom. The number of anilines is 1. The maximum Gasteiger partial charge on any atom is 0.148 e. The van der Waals surface area contributed by atoms with E-state index in [2.05, 4.69) is 27.2 Å². The topological polar surface area (TPSA) is 50.7 Å². The average Bonchev–Trinajstić information content (AvgIpc) is 2.42. The van der Waals surface area contributed by atoms with Gasteiger partial charge in [-0.25, -0.2) is 4.98 Å². The first-order valence-electron chi connectivity index (χ1n) is 6.68. The van der Waals surface area contributed by atoms with E-state index in [1.54, 1.807) is 0 Å². The van der Waals surface area contributed by atoms with E-state index in [1.807, 2.05) is 38.2 Å². The first-order chi connectivity index (χ1) is 9.20. The van der Waals surface area contributed by atoms with Crippen molar-refractivity contribution < 1.29 is 0 Å². The van der Waals surface area contributed by atoms with Gasteiger partial charge in [0.1, 0.15) is 5.82 Å². The zero-order chi connectivity index (χ0) is 13.7. The summed E-state index contributed by atoms with van der Waals surface area (Å²) < 4.78 is 0. The summed E-state index contributed by atoms with van der Waals surface area (Å²) >= 11 is 0. The summed E-state index contributed by atoms with van der Waals surface area (Å²) in [5.41, 5.74) is 3.94. The Morgan fingerprint density at radius 2 is 1.89 bits per heavy atom. The molecule has 0 spiro atoms. The Bertz CT molecular complexity index is 537. The summed E-state index contributed by atoms with van der Waals surface area (Å²) in [4.78, 5) is 13.6. The van der Waals surface area contributed by atoms with Crippen LogP contribution in [0.5, 0.6) is 0 Å². The van der Waals surface area contributed by atoms with E-state index in [4.69, 9.17) is 0 Å². The predicted molar refractivity (Wildman–Crippen MR) is 77.3 cm³/mol. The average molecular weight is 256 g/mol. The predicted octanol–water partition coefficient (Wildman–Crippen LogP) is 2.90. The summed E-state index contributed by atoms with van der Waals surface area (Å²) in [6, 6.07) is 5.93. The highest BCUT2D eigenvalue weighted by Gasteiger charge is 2.10. The molecule has 0 fully saturated rings. The van der Waals surface area contributed by atoms with E-state index in [-0.39, 0.29) is 0 Å². The van der Waals surface area contributed by atoms with Crippen molar-refractivity contribution in [2.24, 2.45) is 0 Å². The zero-order valence-electron chi connectivity index (χ0n) is 11.8. The molecule has 0 saturated carbocycles. The van der Waals surface area contributed by atoms with Crippen LogP contribution >= 0.6 is 0 Å². The first kappa shape index (κ1) is 13.5. The zero-order valence-corrected chi connectivity index (χ0v) is 11.8. The molecule has 4 heteroatoms. The van der Waals surface area contributed by atoms with Gasteiger partial charge in [-0.3, -0.25) is 9.97 Å². The fraction of sp³-hybridized carbons (Fsp3) is 0.400. The van der Waals surface area contributed by atoms with Crippen LogP contribution in [-0.4, -0.2) is 21.5 Å². The van der Waals surface area contributed by atoms with Gasteiger partial charge in [0.2, 0.25) is 0 Å². The molecular formula is C15H20N4. The highest BCUT2D eigenvalue weighted by atomic mass is 15.0. The molecule has 1 N–H and O–H groups in total. The van der Waals surface area contributed by atoms with Gasteiger partial charge in [-0.05, 0) is 32.4 Å². The number of hydrogen-bond donors (Lipinski definition) is 1. The molecule has 0 unspecified atom stereocenters. The Hall–Kier alpha value is -1.97. The molecule has 0 amide bonds. The second-order valence-electron chi connectivity index (χ2n) is 4.61. The molecule has 0 aliphatic rings. The number of aromatic nitrogens is 3. The Labute approximate surface area is 114 Å². The lowest BCUT2D eigenvalue weighted by Gasteiger charge is -2.12. The standard InChI is InChI=1S/C15H20N4/c1-4-8-17-15-14(18-11(2)12(3)19-15)10-13-7-5-6-9-16-13/h5-7,9H,4,8,10H2,1-3H3,(H,17,19). The van der Waals surface area contributed by atoms with Crippen LogP contribution in [0.1, 0.15) is 36.1 Å². The van der Waals surface area contributed by atoms with Gasteiger partial charge < -0.3 is 5.32 Å². The van der Waals surface area contributed by atoms with Crippen molar-refractivity contribution in [2.45, 2.75) is 33.6 Å². The van der Waals surface area contributed by atoms with E-state index < -0.39 is 0 Å². The number of nitrogens with one attached hydrogen (secondary N) is 1. The third kappa shape index (κ3) is 3.50. The fourth-order valence-corrected chi connectivity index (χ4v) is 1.83. The van der Waals surface area contributed by atoms with Gasteiger partial charge in [-0.15, -0.1) is 0 Å². The summed E-state index contributed by atoms with van der Waals surface area (Å²) in [5, 5.41) is 3.35. The van der Waals surface area contributed by atoms with Gasteiger partial charge in [0.05, 0.1) is 17.1 Å². The van der Waals surface area contributed by atoms with Gasteiger partial charge in [0.25, 0.3) is 0 Å². The number of hydrogen-bond acceptors (Lipinski definition) is 4. The summed E-state index contributed by atoms with van der Waals surface area (Å²) in [6.45, 7) is 7.03. The van der Waals surface area contributed by atoms with E-state index in [9.17, 15) is 0 Å². The van der Waals surface area contributed by atoms with Crippen LogP contribution < -0.4 is 5.32 Å². The molecule has 0 saturated heterocycles. The minimum Gasteiger partial charge on any atom is -0.369 e. The van der Waals surface area contributed by atoms with Crippen molar-refractivity contribution in [1.82, 2.24) is 15.0 Å². The number of rotatable bonds is 5. The lowest BCUT2D eigenvalue weighted by molar-refractivity contribution is 0.908. The lowest BCUT2D eigenvalue weighted by Crippen LogP contribution is -2.10. The molecule has 2 rings (SSSR count). The molecule has 2 heterocycles. The first-order valence-corrected chi connectivity index (χ1v) is 6.68. The molecule has 0 aliphatic carbocycles. The summed E-state index contributed by atoms with van der Waals surface area (Å²) in [6.07, 6.45) is 3.58. The lowest BCUT2D eigenvalue weighted by atomic mass is 10.2. The van der Waals surface area contributed by atoms with E-state index in [0.29, 0.717) is 6.42 Å². The molecule has 4 nitrogen and oxygen atoms in total. The van der Waals surface area contributed by atoms with Crippen molar-refractivity contribution in [3.8, 4) is 0 Å². The van der Waals surface area contributed by atoms with Crippen LogP contribution in [-0.2, 0) is 6.42 Å². The Balaban J connectivity index is 2.29. The molecule has 2 aromatic heterocycles. The quantitative estimate of drug-likeness (QED) is 0.893. The monoisotopic (exact) mass is 256 g/mol. The van der Waals surface area contributed by atoms with E-state index >= 15 is 0 Å². The minimum atomic E-state index is 0.709. The van der Waals surface area contributed by atoms with Crippen molar-refractivity contribution in [1.29, 1.82) is 0 Å². The Morgan fingerprint density at radius 3 is 2.58 bits per heavy atom. The second kappa shape index (κ2) is 6.27. The molecule has 2 aromatic rings. The SMILES string of the molecule is CCCNc1nc(C)c(C)nc1Cc1ccccn1. The third-order valence-corrected chi connectivity index (χ3v) is 3.00. The van der Waals surface area contributed by atoms with Crippen LogP contribution in [0.2, 0.25) is 0 Å². The van der Waals surface area contributed by atoms with E-state index in [1.165, 1.54) is 0 Å². The maximum atomic E-state index is 4.66. The number of aryl methyl sites for hydroxylation is 2. The van der Waals surface area contributed by atoms with Crippen LogP contribution in [0, 0.1) is 13.8 Å². The molecule has 0 aliphatic heterocycles. The highest BCUT2D eigenvalue weighted by molar-refractivity contribution is 5.43. The van der Waals surface area contributed by atoms with Crippen LogP contribution in [0.15, 0.2) is 24.4 Å². The largest absolute Gasteiger partial charge is 0.369 e. The van der Waals surface area contributed by atoms with Crippen molar-refractivity contribution in [3.05, 3.63) is 47.2 Å². The molecule has 0 radical (unpaired) electrons. The molecule has 0 atom stereocenters. The van der Waals surface area contributed by atoms with Gasteiger partial charge in [0.15, 0.2) is 0 Å². The van der Waals surface area contributed by atoms with E-state index in [0.717, 1.165) is 41.6 Å². The Kier molecular flexibility index (Phi) is 4.44. The normalized spacial score (nSPS) is 10.5. The third-order valence-electron chi connectivity index (χ3n) is 3.00. The smallest absolute Gasteiger partial charge is 0.148 e. The van der Waals surface area contributed by atoms with Crippen LogP contribution in [0.25, 0.3) is 0 Å². The van der Waals surface area contributed by atoms with Crippen molar-refractivity contribution >= 4 is 5.82 Å². The number of nitrogens with zero attached hydrogens (tertiary/aromatic N) is 3. The molecule has 0 bridgehead atoms. The fourth-order valence-electron chi connectivity index (χ4n) is 1.83. The summed E-state index contributed by atoms with van der Waals surface area (Å²) in [5.74, 6) is 0.885. The van der Waals surface area contributed by atoms with Crippen molar-refractivity contribution in [3.63, 3.8) is 0 Å². The molecule has 19 heavy (non-hydrogen) atoms. The van der Waals surface area contributed by atoms with Gasteiger partial charge >= 0.3 is 0 Å². The van der Waals surface area contributed by atoms with Gasteiger partial charge in [-0.2, -0.15) is 0 Å². The molecular weight excluding hydrogens is 236 g/mol. The van der Waals surface area contributed by atoms with Gasteiger partial charge in [-0.1, -0.05) is 13.0 Å². The van der Waals surface area contributed by atoms with Crippen LogP contribution in [0.3, 0.4) is 0 Å². The molecule has 0 aromatic carbocycles. The van der Waals surface area contributed by atoms with Crippen molar-refractivity contribution in [2.75, 3.05) is 11.9 Å². The van der Waals surface area contributed by atoms with Gasteiger partial charge in [0, 0.05) is 24.9 Å². The summed E-state index contributed by atoms with van der Waals surface area (Å²) in [7, 11) is 0. The number of pyridine rings is 1. The maximum absolute atomic E-state index is 4.66. The minimum absolute atomic E-state index is 0.709. The van der Waals surface area contributed by atoms with Crippen LogP contribution in [0.4, 0.5) is 5.82 Å². The highest BCUT2D eigenvalue weighted by Crippen LogP contribution is 2.16. The molecule has 100 valence electrons.